The summed E-state index contributed by atoms with van der Waals surface area (Å²) in [7, 11) is 0. The molecule has 2 heteroatoms. The minimum absolute atomic E-state index is 1.20. The molecule has 0 saturated carbocycles. The van der Waals surface area contributed by atoms with E-state index < -0.39 is 0 Å². The first-order valence-electron chi connectivity index (χ1n) is 1.40. The predicted octanol–water partition coefficient (Wildman–Crippen LogP) is 1.75. The van der Waals surface area contributed by atoms with Crippen LogP contribution in [0.1, 0.15) is 0 Å². The van der Waals surface area contributed by atoms with Gasteiger partial charge in [-0.25, -0.2) is 0 Å². The van der Waals surface area contributed by atoms with Crippen molar-refractivity contribution in [1.29, 1.82) is 0 Å². The Morgan fingerprint density at radius 1 is 1.60 bits per heavy atom. The van der Waals surface area contributed by atoms with Crippen LogP contribution in [-0.4, -0.2) is 5.75 Å². The van der Waals surface area contributed by atoms with Crippen molar-refractivity contribution in [1.82, 2.24) is 0 Å². The molecule has 28 valence electrons. The summed E-state index contributed by atoms with van der Waals surface area (Å²) in [5, 5.41) is 2.14. The monoisotopic (exact) mass is 104 g/mol. The lowest BCUT2D eigenvalue weighted by Crippen LogP contribution is -1.53. The van der Waals surface area contributed by atoms with Gasteiger partial charge in [-0.15, -0.1) is 23.5 Å². The summed E-state index contributed by atoms with van der Waals surface area (Å²) in [6.45, 7) is 0. The largest absolute Gasteiger partial charge is 0.144 e. The van der Waals surface area contributed by atoms with E-state index in [1.807, 2.05) is 11.8 Å². The minimum Gasteiger partial charge on any atom is -0.144 e. The van der Waals surface area contributed by atoms with Crippen molar-refractivity contribution in [2.24, 2.45) is 0 Å². The van der Waals surface area contributed by atoms with E-state index in [9.17, 15) is 0 Å². The molecule has 1 saturated heterocycles. The molecular weight excluding hydrogens is 100 g/mol. The van der Waals surface area contributed by atoms with Crippen LogP contribution in [0.4, 0.5) is 0 Å². The van der Waals surface area contributed by atoms with Gasteiger partial charge < -0.3 is 0 Å². The molecule has 0 amide bonds. The lowest BCUT2D eigenvalue weighted by atomic mass is 11.0. The number of thioether (sulfide) groups is 2. The Bertz CT molecular complexity index is 16.5. The van der Waals surface area contributed by atoms with Crippen molar-refractivity contribution in [2.75, 3.05) is 5.75 Å². The maximum atomic E-state index is 2.19. The summed E-state index contributed by atoms with van der Waals surface area (Å²) in [5.74, 6) is 3.38. The van der Waals surface area contributed by atoms with Crippen LogP contribution in [0, 0.1) is 10.8 Å². The fourth-order valence-corrected chi connectivity index (χ4v) is 1.77. The second-order valence-electron chi connectivity index (χ2n) is 0.732. The average Bonchev–Trinajstić information content (AvgIpc) is 1.76. The summed E-state index contributed by atoms with van der Waals surface area (Å²) in [6, 6.07) is 0. The molecule has 0 spiro atoms. The lowest BCUT2D eigenvalue weighted by Gasteiger charge is -1.67. The Kier molecular flexibility index (Phi) is 1.53. The molecule has 0 aromatic rings. The van der Waals surface area contributed by atoms with Crippen molar-refractivity contribution in [2.45, 2.75) is 0 Å². The summed E-state index contributed by atoms with van der Waals surface area (Å²) in [5.41, 5.74) is 0. The maximum absolute atomic E-state index is 2.19. The third kappa shape index (κ3) is 1.05. The van der Waals surface area contributed by atoms with E-state index in [2.05, 4.69) is 10.8 Å². The highest BCUT2D eigenvalue weighted by molar-refractivity contribution is 8.23. The van der Waals surface area contributed by atoms with E-state index in [-0.39, 0.29) is 0 Å². The smallest absolute Gasteiger partial charge is 0.0716 e. The highest BCUT2D eigenvalue weighted by Gasteiger charge is 1.97. The molecule has 2 radical (unpaired) electrons. The quantitative estimate of drug-likeness (QED) is 0.459. The van der Waals surface area contributed by atoms with Crippen LogP contribution in [0.3, 0.4) is 0 Å². The van der Waals surface area contributed by atoms with Crippen molar-refractivity contribution >= 4 is 23.5 Å². The van der Waals surface area contributed by atoms with E-state index in [0.717, 1.165) is 0 Å². The average molecular weight is 104 g/mol. The van der Waals surface area contributed by atoms with Gasteiger partial charge in [0, 0.05) is 11.5 Å². The third-order valence-corrected chi connectivity index (χ3v) is 2.30. The van der Waals surface area contributed by atoms with Crippen LogP contribution >= 0.6 is 23.5 Å². The fourth-order valence-electron chi connectivity index (χ4n) is 0.196. The molecule has 0 atom stereocenters. The van der Waals surface area contributed by atoms with Crippen molar-refractivity contribution in [3.05, 3.63) is 10.8 Å². The van der Waals surface area contributed by atoms with Crippen LogP contribution in [0.5, 0.6) is 0 Å². The third-order valence-electron chi connectivity index (χ3n) is 0.384. The van der Waals surface area contributed by atoms with E-state index in [1.54, 1.807) is 11.8 Å². The topological polar surface area (TPSA) is 0 Å². The van der Waals surface area contributed by atoms with Crippen LogP contribution < -0.4 is 0 Å². The zero-order valence-corrected chi connectivity index (χ0v) is 4.31. The molecule has 1 aliphatic rings. The first-order chi connectivity index (χ1) is 2.50. The predicted molar refractivity (Wildman–Crippen MR) is 28.6 cm³/mol. The van der Waals surface area contributed by atoms with E-state index in [1.165, 1.54) is 5.75 Å². The summed E-state index contributed by atoms with van der Waals surface area (Å²) in [6.07, 6.45) is 0. The van der Waals surface area contributed by atoms with Crippen molar-refractivity contribution < 1.29 is 0 Å². The second kappa shape index (κ2) is 1.98. The van der Waals surface area contributed by atoms with Gasteiger partial charge in [-0.3, -0.25) is 0 Å². The van der Waals surface area contributed by atoms with Gasteiger partial charge in [0.2, 0.25) is 0 Å². The molecule has 1 fully saturated rings. The molecule has 0 aliphatic carbocycles. The Balaban J connectivity index is 2.08. The van der Waals surface area contributed by atoms with Gasteiger partial charge in [0.05, 0.1) is 5.08 Å². The van der Waals surface area contributed by atoms with Crippen molar-refractivity contribution in [3.8, 4) is 0 Å². The number of hydrogen-bond acceptors (Lipinski definition) is 2. The first kappa shape index (κ1) is 3.88. The number of rotatable bonds is 0. The minimum atomic E-state index is 1.20. The molecule has 0 nitrogen and oxygen atoms in total. The fraction of sp³-hybridized carbons (Fsp3) is 0.333. The van der Waals surface area contributed by atoms with Gasteiger partial charge in [-0.2, -0.15) is 0 Å². The van der Waals surface area contributed by atoms with Gasteiger partial charge in [0.25, 0.3) is 0 Å². The van der Waals surface area contributed by atoms with Gasteiger partial charge >= 0.3 is 0 Å². The van der Waals surface area contributed by atoms with Gasteiger partial charge in [-0.05, 0) is 0 Å². The molecule has 0 aromatic carbocycles. The van der Waals surface area contributed by atoms with Crippen LogP contribution in [0.15, 0.2) is 0 Å². The first-order valence-corrected chi connectivity index (χ1v) is 3.40. The molecule has 0 N–H and O–H groups in total. The Hall–Kier alpha value is 0.700. The van der Waals surface area contributed by atoms with Crippen LogP contribution in [0.2, 0.25) is 0 Å². The Morgan fingerprint density at radius 3 is 2.80 bits per heavy atom. The van der Waals surface area contributed by atoms with E-state index in [0.29, 0.717) is 0 Å². The molecule has 0 bridgehead atoms. The summed E-state index contributed by atoms with van der Waals surface area (Å²) in [4.78, 5) is 0. The number of hydrogen-bond donors (Lipinski definition) is 0. The molecule has 1 rings (SSSR count). The van der Waals surface area contributed by atoms with E-state index in [4.69, 9.17) is 0 Å². The Morgan fingerprint density at radius 2 is 2.60 bits per heavy atom. The zero-order valence-electron chi connectivity index (χ0n) is 2.68. The molecule has 0 unspecified atom stereocenters. The Labute approximate surface area is 40.7 Å². The van der Waals surface area contributed by atoms with Crippen molar-refractivity contribution in [3.63, 3.8) is 0 Å². The van der Waals surface area contributed by atoms with Gasteiger partial charge in [-0.1, -0.05) is 0 Å². The maximum Gasteiger partial charge on any atom is 0.0716 e. The highest BCUT2D eigenvalue weighted by Crippen LogP contribution is 2.30. The summed E-state index contributed by atoms with van der Waals surface area (Å²) < 4.78 is 0. The molecule has 1 heterocycles. The van der Waals surface area contributed by atoms with Crippen LogP contribution in [-0.2, 0) is 0 Å². The summed E-state index contributed by atoms with van der Waals surface area (Å²) >= 11 is 3.64. The van der Waals surface area contributed by atoms with Crippen LogP contribution in [0.25, 0.3) is 0 Å². The molecule has 5 heavy (non-hydrogen) atoms. The normalized spacial score (nSPS) is 24.0. The molecule has 0 aromatic heterocycles. The SMILES string of the molecule is [CH]1CS[CH]S1. The molecule has 1 aliphatic heterocycles. The second-order valence-corrected chi connectivity index (χ2v) is 2.77. The van der Waals surface area contributed by atoms with Gasteiger partial charge in [0.1, 0.15) is 0 Å². The zero-order chi connectivity index (χ0) is 3.54. The van der Waals surface area contributed by atoms with Gasteiger partial charge in [0.15, 0.2) is 0 Å². The molecular formula is C3H4S2. The van der Waals surface area contributed by atoms with E-state index >= 15 is 0 Å². The lowest BCUT2D eigenvalue weighted by molar-refractivity contribution is 1.80. The highest BCUT2D eigenvalue weighted by atomic mass is 32.2. The standard InChI is InChI=1S/C3H4S2/c1-2-5-3-4-1/h1,3H,2H2.